The Morgan fingerprint density at radius 1 is 1.28 bits per heavy atom. The van der Waals surface area contributed by atoms with E-state index in [0.29, 0.717) is 17.3 Å². The summed E-state index contributed by atoms with van der Waals surface area (Å²) < 4.78 is 7.87. The molecular weight excluding hydrogens is 340 g/mol. The van der Waals surface area contributed by atoms with Gasteiger partial charge in [-0.05, 0) is 44.0 Å². The van der Waals surface area contributed by atoms with Gasteiger partial charge in [0, 0.05) is 25.0 Å². The third kappa shape index (κ3) is 4.31. The Bertz CT molecular complexity index is 729. The lowest BCUT2D eigenvalue weighted by Crippen LogP contribution is -2.38. The van der Waals surface area contributed by atoms with Crippen molar-refractivity contribution >= 4 is 17.5 Å². The van der Waals surface area contributed by atoms with E-state index in [9.17, 15) is 4.79 Å². The first-order valence-corrected chi connectivity index (χ1v) is 9.00. The normalized spacial score (nSPS) is 15.2. The first-order valence-electron chi connectivity index (χ1n) is 8.63. The van der Waals surface area contributed by atoms with Crippen molar-refractivity contribution in [1.82, 2.24) is 19.7 Å². The zero-order chi connectivity index (χ0) is 17.8. The lowest BCUT2D eigenvalue weighted by atomic mass is 10.2. The Kier molecular flexibility index (Phi) is 5.58. The first-order chi connectivity index (χ1) is 12.0. The minimum atomic E-state index is -0.585. The van der Waals surface area contributed by atoms with Crippen LogP contribution in [0.15, 0.2) is 24.3 Å². The van der Waals surface area contributed by atoms with E-state index >= 15 is 0 Å². The first kappa shape index (κ1) is 17.7. The molecule has 1 aliphatic rings. The molecule has 6 nitrogen and oxygen atoms in total. The van der Waals surface area contributed by atoms with Crippen LogP contribution in [-0.2, 0) is 24.3 Å². The second-order valence-corrected chi connectivity index (χ2v) is 6.84. The molecule has 1 aromatic carbocycles. The molecular formula is C18H23ClN4O2. The van der Waals surface area contributed by atoms with E-state index in [1.807, 2.05) is 0 Å². The van der Waals surface area contributed by atoms with Gasteiger partial charge in [-0.1, -0.05) is 18.0 Å². The second kappa shape index (κ2) is 7.87. The third-order valence-corrected chi connectivity index (χ3v) is 4.67. The van der Waals surface area contributed by atoms with Gasteiger partial charge < -0.3 is 14.2 Å². The zero-order valence-electron chi connectivity index (χ0n) is 14.6. The van der Waals surface area contributed by atoms with Gasteiger partial charge >= 0.3 is 0 Å². The summed E-state index contributed by atoms with van der Waals surface area (Å²) in [5.74, 6) is 2.39. The highest BCUT2D eigenvalue weighted by molar-refractivity contribution is 6.30. The average molecular weight is 363 g/mol. The van der Waals surface area contributed by atoms with Crippen molar-refractivity contribution in [1.29, 1.82) is 0 Å². The van der Waals surface area contributed by atoms with Crippen LogP contribution in [0.4, 0.5) is 0 Å². The topological polar surface area (TPSA) is 60.2 Å². The number of likely N-dealkylation sites (N-methyl/N-ethyl adjacent to an activating group) is 1. The van der Waals surface area contributed by atoms with Crippen molar-refractivity contribution in [2.75, 3.05) is 7.05 Å². The second-order valence-electron chi connectivity index (χ2n) is 6.40. The minimum Gasteiger partial charge on any atom is -0.481 e. The summed E-state index contributed by atoms with van der Waals surface area (Å²) in [5.41, 5.74) is 0. The molecule has 1 aromatic heterocycles. The molecule has 2 aromatic rings. The number of aryl methyl sites for hydroxylation is 1. The molecule has 25 heavy (non-hydrogen) atoms. The molecule has 7 heteroatoms. The molecule has 1 atom stereocenters. The lowest BCUT2D eigenvalue weighted by molar-refractivity contribution is -0.137. The summed E-state index contributed by atoms with van der Waals surface area (Å²) in [4.78, 5) is 14.2. The van der Waals surface area contributed by atoms with E-state index in [-0.39, 0.29) is 5.91 Å². The van der Waals surface area contributed by atoms with Crippen LogP contribution < -0.4 is 4.74 Å². The molecule has 0 N–H and O–H groups in total. The molecule has 0 fully saturated rings. The monoisotopic (exact) mass is 362 g/mol. The van der Waals surface area contributed by atoms with Crippen LogP contribution >= 0.6 is 11.6 Å². The molecule has 1 aliphatic heterocycles. The van der Waals surface area contributed by atoms with E-state index in [0.717, 1.165) is 37.5 Å². The van der Waals surface area contributed by atoms with Crippen molar-refractivity contribution in [2.24, 2.45) is 0 Å². The van der Waals surface area contributed by atoms with Gasteiger partial charge in [0.2, 0.25) is 0 Å². The summed E-state index contributed by atoms with van der Waals surface area (Å²) in [6.45, 7) is 3.11. The Hall–Kier alpha value is -2.08. The maximum atomic E-state index is 12.6. The highest BCUT2D eigenvalue weighted by Crippen LogP contribution is 2.18. The maximum Gasteiger partial charge on any atom is 0.263 e. The van der Waals surface area contributed by atoms with Gasteiger partial charge in [0.05, 0.1) is 6.54 Å². The number of hydrogen-bond acceptors (Lipinski definition) is 4. The number of ether oxygens (including phenoxy) is 1. The third-order valence-electron chi connectivity index (χ3n) is 4.42. The number of halogens is 1. The highest BCUT2D eigenvalue weighted by Gasteiger charge is 2.22. The van der Waals surface area contributed by atoms with E-state index in [1.165, 1.54) is 6.42 Å². The number of carbonyl (C=O) groups is 1. The zero-order valence-corrected chi connectivity index (χ0v) is 15.4. The Morgan fingerprint density at radius 3 is 2.80 bits per heavy atom. The molecule has 0 saturated heterocycles. The van der Waals surface area contributed by atoms with Crippen molar-refractivity contribution < 1.29 is 9.53 Å². The lowest BCUT2D eigenvalue weighted by Gasteiger charge is -2.22. The number of fused-ring (bicyclic) bond motifs is 1. The summed E-state index contributed by atoms with van der Waals surface area (Å²) in [6.07, 6.45) is 3.87. The van der Waals surface area contributed by atoms with Crippen molar-refractivity contribution in [2.45, 2.75) is 51.8 Å². The smallest absolute Gasteiger partial charge is 0.263 e. The molecule has 0 aliphatic carbocycles. The van der Waals surface area contributed by atoms with Crippen LogP contribution in [0.2, 0.25) is 5.02 Å². The van der Waals surface area contributed by atoms with Gasteiger partial charge in [0.1, 0.15) is 11.6 Å². The quantitative estimate of drug-likeness (QED) is 0.820. The number of benzene rings is 1. The maximum absolute atomic E-state index is 12.6. The van der Waals surface area contributed by atoms with E-state index in [4.69, 9.17) is 16.3 Å². The van der Waals surface area contributed by atoms with Crippen molar-refractivity contribution in [3.8, 4) is 5.75 Å². The number of nitrogens with zero attached hydrogens (tertiary/aromatic N) is 4. The molecule has 0 spiro atoms. The fourth-order valence-electron chi connectivity index (χ4n) is 3.03. The fourth-order valence-corrected chi connectivity index (χ4v) is 3.16. The number of amides is 1. The standard InChI is InChI=1S/C18H23ClN4O2/c1-13(25-15-9-7-14(19)8-10-15)18(24)22(2)12-17-21-20-16-6-4-3-5-11-23(16)17/h7-10,13H,3-6,11-12H2,1-2H3/t13-/m0/s1. The Labute approximate surface area is 152 Å². The average Bonchev–Trinajstić information content (AvgIpc) is 2.82. The number of aromatic nitrogens is 3. The summed E-state index contributed by atoms with van der Waals surface area (Å²) in [6, 6.07) is 6.99. The van der Waals surface area contributed by atoms with E-state index < -0.39 is 6.10 Å². The molecule has 0 unspecified atom stereocenters. The van der Waals surface area contributed by atoms with Crippen LogP contribution in [0.25, 0.3) is 0 Å². The Balaban J connectivity index is 1.62. The molecule has 0 saturated carbocycles. The minimum absolute atomic E-state index is 0.0964. The van der Waals surface area contributed by atoms with E-state index in [1.54, 1.807) is 43.1 Å². The SMILES string of the molecule is C[C@H](Oc1ccc(Cl)cc1)C(=O)N(C)Cc1nnc2n1CCCCC2. The number of carbonyl (C=O) groups excluding carboxylic acids is 1. The summed E-state index contributed by atoms with van der Waals surface area (Å²) in [5, 5.41) is 9.19. The molecule has 134 valence electrons. The Morgan fingerprint density at radius 2 is 2.04 bits per heavy atom. The highest BCUT2D eigenvalue weighted by atomic mass is 35.5. The largest absolute Gasteiger partial charge is 0.481 e. The van der Waals surface area contributed by atoms with Crippen LogP contribution in [0.3, 0.4) is 0 Å². The summed E-state index contributed by atoms with van der Waals surface area (Å²) >= 11 is 5.86. The van der Waals surface area contributed by atoms with Gasteiger partial charge in [-0.2, -0.15) is 0 Å². The summed E-state index contributed by atoms with van der Waals surface area (Å²) in [7, 11) is 1.77. The van der Waals surface area contributed by atoms with E-state index in [2.05, 4.69) is 14.8 Å². The predicted molar refractivity (Wildman–Crippen MR) is 95.6 cm³/mol. The van der Waals surface area contributed by atoms with Gasteiger partial charge in [-0.15, -0.1) is 10.2 Å². The van der Waals surface area contributed by atoms with Gasteiger partial charge in [0.25, 0.3) is 5.91 Å². The molecule has 0 bridgehead atoms. The number of hydrogen-bond donors (Lipinski definition) is 0. The van der Waals surface area contributed by atoms with Crippen molar-refractivity contribution in [3.63, 3.8) is 0 Å². The van der Waals surface area contributed by atoms with Crippen LogP contribution in [0, 0.1) is 0 Å². The van der Waals surface area contributed by atoms with Gasteiger partial charge in [-0.25, -0.2) is 0 Å². The fraction of sp³-hybridized carbons (Fsp3) is 0.500. The number of rotatable bonds is 5. The molecule has 0 radical (unpaired) electrons. The van der Waals surface area contributed by atoms with Crippen LogP contribution in [0.5, 0.6) is 5.75 Å². The predicted octanol–water partition coefficient (Wildman–Crippen LogP) is 3.08. The molecule has 3 rings (SSSR count). The van der Waals surface area contributed by atoms with Gasteiger partial charge in [0.15, 0.2) is 11.9 Å². The van der Waals surface area contributed by atoms with Crippen molar-refractivity contribution in [3.05, 3.63) is 40.9 Å². The van der Waals surface area contributed by atoms with Crippen LogP contribution in [0.1, 0.15) is 37.8 Å². The van der Waals surface area contributed by atoms with Crippen LogP contribution in [-0.4, -0.2) is 38.7 Å². The molecule has 2 heterocycles. The molecule has 1 amide bonds. The van der Waals surface area contributed by atoms with Gasteiger partial charge in [-0.3, -0.25) is 4.79 Å².